The van der Waals surface area contributed by atoms with Gasteiger partial charge >= 0.3 is 6.03 Å². The van der Waals surface area contributed by atoms with Crippen molar-refractivity contribution >= 4 is 11.7 Å². The van der Waals surface area contributed by atoms with Crippen LogP contribution in [-0.2, 0) is 0 Å². The maximum atomic E-state index is 11.9. The first-order valence-electron chi connectivity index (χ1n) is 7.14. The summed E-state index contributed by atoms with van der Waals surface area (Å²) in [5, 5.41) is 15.3. The van der Waals surface area contributed by atoms with Crippen molar-refractivity contribution in [2.24, 2.45) is 0 Å². The molecule has 0 fully saturated rings. The molecule has 0 saturated carbocycles. The van der Waals surface area contributed by atoms with E-state index in [0.29, 0.717) is 17.2 Å². The lowest BCUT2D eigenvalue weighted by atomic mass is 10.1. The van der Waals surface area contributed by atoms with Gasteiger partial charge < -0.3 is 25.2 Å². The van der Waals surface area contributed by atoms with E-state index >= 15 is 0 Å². The largest absolute Gasteiger partial charge is 0.493 e. The molecular weight excluding hydrogens is 296 g/mol. The Balaban J connectivity index is 1.90. The lowest BCUT2D eigenvalue weighted by Crippen LogP contribution is -2.32. The molecule has 2 amide bonds. The van der Waals surface area contributed by atoms with Gasteiger partial charge in [0.1, 0.15) is 0 Å². The van der Waals surface area contributed by atoms with Crippen LogP contribution >= 0.6 is 0 Å². The fourth-order valence-corrected chi connectivity index (χ4v) is 2.07. The maximum Gasteiger partial charge on any atom is 0.319 e. The van der Waals surface area contributed by atoms with E-state index in [0.717, 1.165) is 5.56 Å². The predicted octanol–water partition coefficient (Wildman–Crippen LogP) is 2.56. The number of aliphatic hydroxyl groups excluding tert-OH is 1. The number of hydrogen-bond donors (Lipinski definition) is 3. The summed E-state index contributed by atoms with van der Waals surface area (Å²) in [4.78, 5) is 11.9. The van der Waals surface area contributed by atoms with Crippen molar-refractivity contribution in [3.63, 3.8) is 0 Å². The monoisotopic (exact) mass is 316 g/mol. The summed E-state index contributed by atoms with van der Waals surface area (Å²) in [5.74, 6) is 1.10. The highest BCUT2D eigenvalue weighted by Gasteiger charge is 2.10. The number of carbonyl (C=O) groups is 1. The maximum absolute atomic E-state index is 11.9. The van der Waals surface area contributed by atoms with Gasteiger partial charge in [0, 0.05) is 18.3 Å². The Hall–Kier alpha value is -2.73. The zero-order chi connectivity index (χ0) is 16.7. The van der Waals surface area contributed by atoms with Crippen LogP contribution in [0.15, 0.2) is 48.5 Å². The Morgan fingerprint density at radius 1 is 1.09 bits per heavy atom. The summed E-state index contributed by atoms with van der Waals surface area (Å²) in [6.07, 6.45) is -0.757. The molecule has 0 aliphatic heterocycles. The van der Waals surface area contributed by atoms with E-state index in [1.54, 1.807) is 37.4 Å². The quantitative estimate of drug-likeness (QED) is 0.765. The van der Waals surface area contributed by atoms with Crippen LogP contribution in [0.3, 0.4) is 0 Å². The molecule has 0 aliphatic rings. The molecule has 23 heavy (non-hydrogen) atoms. The van der Waals surface area contributed by atoms with Gasteiger partial charge in [-0.2, -0.15) is 0 Å². The second-order valence-electron chi connectivity index (χ2n) is 4.83. The number of methoxy groups -OCH3 is 2. The average molecular weight is 316 g/mol. The van der Waals surface area contributed by atoms with Gasteiger partial charge in [-0.1, -0.05) is 30.3 Å². The molecule has 2 rings (SSSR count). The van der Waals surface area contributed by atoms with Gasteiger partial charge in [-0.15, -0.1) is 0 Å². The molecule has 122 valence electrons. The second kappa shape index (κ2) is 8.05. The van der Waals surface area contributed by atoms with Gasteiger partial charge in [0.2, 0.25) is 0 Å². The average Bonchev–Trinajstić information content (AvgIpc) is 2.60. The minimum absolute atomic E-state index is 0.114. The second-order valence-corrected chi connectivity index (χ2v) is 4.83. The van der Waals surface area contributed by atoms with Crippen LogP contribution in [0, 0.1) is 0 Å². The van der Waals surface area contributed by atoms with Crippen LogP contribution in [-0.4, -0.2) is 31.9 Å². The molecule has 6 heteroatoms. The lowest BCUT2D eigenvalue weighted by molar-refractivity contribution is 0.175. The highest BCUT2D eigenvalue weighted by atomic mass is 16.5. The summed E-state index contributed by atoms with van der Waals surface area (Å²) in [5.41, 5.74) is 1.31. The summed E-state index contributed by atoms with van der Waals surface area (Å²) in [7, 11) is 3.07. The molecule has 2 aromatic carbocycles. The van der Waals surface area contributed by atoms with Crippen molar-refractivity contribution in [1.82, 2.24) is 5.32 Å². The Kier molecular flexibility index (Phi) is 5.82. The predicted molar refractivity (Wildman–Crippen MR) is 88.0 cm³/mol. The van der Waals surface area contributed by atoms with Crippen molar-refractivity contribution in [2.45, 2.75) is 6.10 Å². The first-order valence-corrected chi connectivity index (χ1v) is 7.14. The van der Waals surface area contributed by atoms with Gasteiger partial charge in [0.15, 0.2) is 11.5 Å². The highest BCUT2D eigenvalue weighted by molar-refractivity contribution is 5.89. The number of nitrogens with one attached hydrogen (secondary N) is 2. The third-order valence-electron chi connectivity index (χ3n) is 3.28. The van der Waals surface area contributed by atoms with Crippen LogP contribution in [0.5, 0.6) is 11.5 Å². The molecule has 2 aromatic rings. The molecule has 0 bridgehead atoms. The number of urea groups is 1. The normalized spacial score (nSPS) is 11.4. The van der Waals surface area contributed by atoms with E-state index in [1.165, 1.54) is 7.11 Å². The van der Waals surface area contributed by atoms with Crippen LogP contribution in [0.4, 0.5) is 10.5 Å². The number of ether oxygens (including phenoxy) is 2. The molecule has 1 atom stereocenters. The number of anilines is 1. The third-order valence-corrected chi connectivity index (χ3v) is 3.28. The number of amides is 2. The molecule has 3 N–H and O–H groups in total. The number of aliphatic hydroxyl groups is 1. The molecule has 0 aliphatic carbocycles. The number of benzene rings is 2. The lowest BCUT2D eigenvalue weighted by Gasteiger charge is -2.14. The summed E-state index contributed by atoms with van der Waals surface area (Å²) in [6, 6.07) is 13.8. The van der Waals surface area contributed by atoms with Crippen LogP contribution in [0.2, 0.25) is 0 Å². The minimum Gasteiger partial charge on any atom is -0.493 e. The van der Waals surface area contributed by atoms with Gasteiger partial charge in [0.05, 0.1) is 20.3 Å². The van der Waals surface area contributed by atoms with E-state index < -0.39 is 12.1 Å². The highest BCUT2D eigenvalue weighted by Crippen LogP contribution is 2.29. The smallest absolute Gasteiger partial charge is 0.319 e. The number of hydrogen-bond acceptors (Lipinski definition) is 4. The summed E-state index contributed by atoms with van der Waals surface area (Å²) in [6.45, 7) is 0.114. The van der Waals surface area contributed by atoms with Crippen molar-refractivity contribution < 1.29 is 19.4 Å². The molecule has 0 heterocycles. The van der Waals surface area contributed by atoms with Crippen molar-refractivity contribution in [3.8, 4) is 11.5 Å². The third kappa shape index (κ3) is 4.62. The van der Waals surface area contributed by atoms with Crippen molar-refractivity contribution in [2.75, 3.05) is 26.1 Å². The summed E-state index contributed by atoms with van der Waals surface area (Å²) < 4.78 is 10.3. The van der Waals surface area contributed by atoms with E-state index in [2.05, 4.69) is 10.6 Å². The van der Waals surface area contributed by atoms with Crippen LogP contribution < -0.4 is 20.1 Å². The zero-order valence-electron chi connectivity index (χ0n) is 13.1. The van der Waals surface area contributed by atoms with E-state index in [-0.39, 0.29) is 6.54 Å². The Labute approximate surface area is 135 Å². The van der Waals surface area contributed by atoms with E-state index in [4.69, 9.17) is 9.47 Å². The molecule has 0 spiro atoms. The SMILES string of the molecule is COc1ccc(NC(=O)NCC(O)c2ccccc2)cc1OC. The fraction of sp³-hybridized carbons (Fsp3) is 0.235. The van der Waals surface area contributed by atoms with Gasteiger partial charge in [0.25, 0.3) is 0 Å². The zero-order valence-corrected chi connectivity index (χ0v) is 13.1. The molecule has 0 aromatic heterocycles. The topological polar surface area (TPSA) is 79.8 Å². The van der Waals surface area contributed by atoms with E-state index in [1.807, 2.05) is 18.2 Å². The summed E-state index contributed by atoms with van der Waals surface area (Å²) >= 11 is 0. The Morgan fingerprint density at radius 3 is 2.43 bits per heavy atom. The van der Waals surface area contributed by atoms with Gasteiger partial charge in [-0.3, -0.25) is 0 Å². The number of carbonyl (C=O) groups excluding carboxylic acids is 1. The fourth-order valence-electron chi connectivity index (χ4n) is 2.07. The van der Waals surface area contributed by atoms with Crippen LogP contribution in [0.1, 0.15) is 11.7 Å². The molecule has 0 radical (unpaired) electrons. The Bertz CT molecular complexity index is 646. The number of rotatable bonds is 6. The molecule has 1 unspecified atom stereocenters. The minimum atomic E-state index is -0.757. The first kappa shape index (κ1) is 16.6. The van der Waals surface area contributed by atoms with Gasteiger partial charge in [-0.05, 0) is 17.7 Å². The standard InChI is InChI=1S/C17H20N2O4/c1-22-15-9-8-13(10-16(15)23-2)19-17(21)18-11-14(20)12-6-4-3-5-7-12/h3-10,14,20H,11H2,1-2H3,(H2,18,19,21). The molecule has 0 saturated heterocycles. The van der Waals surface area contributed by atoms with E-state index in [9.17, 15) is 9.90 Å². The van der Waals surface area contributed by atoms with Crippen molar-refractivity contribution in [1.29, 1.82) is 0 Å². The first-order chi connectivity index (χ1) is 11.1. The Morgan fingerprint density at radius 2 is 1.78 bits per heavy atom. The van der Waals surface area contributed by atoms with Crippen LogP contribution in [0.25, 0.3) is 0 Å². The van der Waals surface area contributed by atoms with Crippen molar-refractivity contribution in [3.05, 3.63) is 54.1 Å². The molecular formula is C17H20N2O4. The van der Waals surface area contributed by atoms with Gasteiger partial charge in [-0.25, -0.2) is 4.79 Å². The molecule has 6 nitrogen and oxygen atoms in total.